The molecular weight excluding hydrogens is 450 g/mol. The molecule has 1 amide bonds. The van der Waals surface area contributed by atoms with E-state index in [1.54, 1.807) is 0 Å². The second-order valence-corrected chi connectivity index (χ2v) is 8.93. The number of rotatable bonds is 6. The van der Waals surface area contributed by atoms with E-state index in [9.17, 15) is 39.6 Å². The fourth-order valence-electron chi connectivity index (χ4n) is 2.68. The third-order valence-corrected chi connectivity index (χ3v) is 6.30. The third kappa shape index (κ3) is 5.18. The van der Waals surface area contributed by atoms with E-state index in [4.69, 9.17) is 5.73 Å². The summed E-state index contributed by atoms with van der Waals surface area (Å²) in [5.74, 6) is -0.695. The molecule has 170 valence electrons. The summed E-state index contributed by atoms with van der Waals surface area (Å²) in [5, 5.41) is 2.34. The van der Waals surface area contributed by atoms with Gasteiger partial charge in [-0.3, -0.25) is 4.79 Å². The van der Waals surface area contributed by atoms with Crippen molar-refractivity contribution in [3.8, 4) is 0 Å². The van der Waals surface area contributed by atoms with Crippen molar-refractivity contribution in [3.63, 3.8) is 0 Å². The van der Waals surface area contributed by atoms with Crippen LogP contribution in [0.15, 0.2) is 53.4 Å². The highest BCUT2D eigenvalue weighted by Crippen LogP contribution is 2.48. The van der Waals surface area contributed by atoms with E-state index < -0.39 is 39.2 Å². The number of alkyl halides is 6. The highest BCUT2D eigenvalue weighted by Gasteiger charge is 2.69. The van der Waals surface area contributed by atoms with E-state index in [0.29, 0.717) is 17.7 Å². The van der Waals surface area contributed by atoms with Crippen LogP contribution in [0.3, 0.4) is 0 Å². The number of hydrogen-bond acceptors (Lipinski definition) is 4. The molecule has 31 heavy (non-hydrogen) atoms. The summed E-state index contributed by atoms with van der Waals surface area (Å²) in [5.41, 5.74) is -0.656. The van der Waals surface area contributed by atoms with E-state index in [0.717, 1.165) is 12.1 Å². The molecule has 3 N–H and O–H groups in total. The van der Waals surface area contributed by atoms with Gasteiger partial charge >= 0.3 is 12.4 Å². The molecule has 0 unspecified atom stereocenters. The SMILES string of the molecule is CCS(=O)(=O)c1ccc(CC(=O)Nc2ccc(C(N)(C(F)(F)F)C(F)(F)F)cc2)cc1. The maximum Gasteiger partial charge on any atom is 0.419 e. The maximum atomic E-state index is 13.0. The number of nitrogens with two attached hydrogens (primary N) is 1. The van der Waals surface area contributed by atoms with Gasteiger partial charge in [0.25, 0.3) is 0 Å². The first-order valence-corrected chi connectivity index (χ1v) is 10.4. The Labute approximate surface area is 174 Å². The quantitative estimate of drug-likeness (QED) is 0.629. The zero-order valence-electron chi connectivity index (χ0n) is 16.0. The van der Waals surface area contributed by atoms with Gasteiger partial charge in [0.2, 0.25) is 11.4 Å². The van der Waals surface area contributed by atoms with Crippen molar-refractivity contribution in [1.29, 1.82) is 0 Å². The van der Waals surface area contributed by atoms with Crippen LogP contribution >= 0.6 is 0 Å². The Kier molecular flexibility index (Phi) is 6.76. The first-order valence-electron chi connectivity index (χ1n) is 8.76. The lowest BCUT2D eigenvalue weighted by Crippen LogP contribution is -2.60. The molecule has 0 radical (unpaired) electrons. The van der Waals surface area contributed by atoms with E-state index in [1.165, 1.54) is 31.2 Å². The average molecular weight is 468 g/mol. The maximum absolute atomic E-state index is 13.0. The molecule has 12 heteroatoms. The zero-order chi connectivity index (χ0) is 23.7. The van der Waals surface area contributed by atoms with Crippen molar-refractivity contribution < 1.29 is 39.6 Å². The Morgan fingerprint density at radius 3 is 1.81 bits per heavy atom. The van der Waals surface area contributed by atoms with Crippen molar-refractivity contribution in [3.05, 3.63) is 59.7 Å². The molecule has 0 spiro atoms. The predicted octanol–water partition coefficient (Wildman–Crippen LogP) is 3.94. The Hall–Kier alpha value is -2.60. The van der Waals surface area contributed by atoms with Gasteiger partial charge < -0.3 is 11.1 Å². The van der Waals surface area contributed by atoms with E-state index >= 15 is 0 Å². The highest BCUT2D eigenvalue weighted by atomic mass is 32.2. The number of amides is 1. The van der Waals surface area contributed by atoms with Crippen LogP contribution in [0.1, 0.15) is 18.1 Å². The number of carbonyl (C=O) groups excluding carboxylic acids is 1. The summed E-state index contributed by atoms with van der Waals surface area (Å²) in [6, 6.07) is 8.38. The molecule has 0 saturated heterocycles. The minimum atomic E-state index is -5.78. The lowest BCUT2D eigenvalue weighted by Gasteiger charge is -2.34. The molecule has 0 aliphatic carbocycles. The zero-order valence-corrected chi connectivity index (χ0v) is 16.8. The minimum absolute atomic E-state index is 0.0365. The normalized spacial score (nSPS) is 13.2. The molecule has 2 rings (SSSR count). The smallest absolute Gasteiger partial charge is 0.326 e. The lowest BCUT2D eigenvalue weighted by atomic mass is 9.89. The first-order chi connectivity index (χ1) is 14.1. The van der Waals surface area contributed by atoms with Crippen molar-refractivity contribution in [2.45, 2.75) is 36.1 Å². The average Bonchev–Trinajstić information content (AvgIpc) is 2.66. The Morgan fingerprint density at radius 2 is 1.39 bits per heavy atom. The standard InChI is InChI=1S/C19H18F6N2O3S/c1-2-31(29,30)15-9-3-12(4-10-15)11-16(28)27-14-7-5-13(6-8-14)17(26,18(20,21)22)19(23,24)25/h3-10H,2,11,26H2,1H3,(H,27,28). The molecule has 2 aromatic carbocycles. The van der Waals surface area contributed by atoms with Gasteiger partial charge in [0.15, 0.2) is 9.84 Å². The molecule has 0 fully saturated rings. The second-order valence-electron chi connectivity index (χ2n) is 6.65. The minimum Gasteiger partial charge on any atom is -0.326 e. The molecule has 2 aromatic rings. The van der Waals surface area contributed by atoms with Crippen LogP contribution in [-0.4, -0.2) is 32.4 Å². The van der Waals surface area contributed by atoms with Gasteiger partial charge in [0.05, 0.1) is 17.1 Å². The number of nitrogens with one attached hydrogen (secondary N) is 1. The van der Waals surface area contributed by atoms with Gasteiger partial charge in [-0.25, -0.2) is 8.42 Å². The summed E-state index contributed by atoms with van der Waals surface area (Å²) in [6.07, 6.45) is -11.8. The summed E-state index contributed by atoms with van der Waals surface area (Å²) < 4.78 is 102. The number of benzene rings is 2. The van der Waals surface area contributed by atoms with E-state index in [-0.39, 0.29) is 22.8 Å². The summed E-state index contributed by atoms with van der Waals surface area (Å²) in [6.45, 7) is 1.49. The monoisotopic (exact) mass is 468 g/mol. The van der Waals surface area contributed by atoms with Gasteiger partial charge in [0, 0.05) is 5.69 Å². The Bertz CT molecular complexity index is 1020. The fraction of sp³-hybridized carbons (Fsp3) is 0.316. The van der Waals surface area contributed by atoms with Crippen LogP contribution < -0.4 is 11.1 Å². The summed E-state index contributed by atoms with van der Waals surface area (Å²) in [7, 11) is -3.40. The fourth-order valence-corrected chi connectivity index (χ4v) is 3.56. The lowest BCUT2D eigenvalue weighted by molar-refractivity contribution is -0.301. The predicted molar refractivity (Wildman–Crippen MR) is 101 cm³/mol. The molecule has 0 heterocycles. The Balaban J connectivity index is 2.14. The van der Waals surface area contributed by atoms with Crippen LogP contribution in [0.4, 0.5) is 32.0 Å². The van der Waals surface area contributed by atoms with Crippen molar-refractivity contribution in [2.24, 2.45) is 5.73 Å². The van der Waals surface area contributed by atoms with Gasteiger partial charge in [-0.05, 0) is 35.4 Å². The number of sulfone groups is 1. The molecule has 0 atom stereocenters. The molecule has 0 aromatic heterocycles. The largest absolute Gasteiger partial charge is 0.419 e. The number of anilines is 1. The van der Waals surface area contributed by atoms with Gasteiger partial charge in [0.1, 0.15) is 0 Å². The van der Waals surface area contributed by atoms with Crippen LogP contribution in [0, 0.1) is 0 Å². The highest BCUT2D eigenvalue weighted by molar-refractivity contribution is 7.91. The molecule has 5 nitrogen and oxygen atoms in total. The second kappa shape index (κ2) is 8.50. The van der Waals surface area contributed by atoms with Crippen LogP contribution in [0.25, 0.3) is 0 Å². The molecule has 0 bridgehead atoms. The number of carbonyl (C=O) groups is 1. The topological polar surface area (TPSA) is 89.3 Å². The number of halogens is 6. The first kappa shape index (κ1) is 24.7. The molecule has 0 aliphatic rings. The molecular formula is C19H18F6N2O3S. The van der Waals surface area contributed by atoms with Crippen molar-refractivity contribution in [2.75, 3.05) is 11.1 Å². The Morgan fingerprint density at radius 1 is 0.903 bits per heavy atom. The number of hydrogen-bond donors (Lipinski definition) is 2. The van der Waals surface area contributed by atoms with Crippen LogP contribution in [0.2, 0.25) is 0 Å². The van der Waals surface area contributed by atoms with Gasteiger partial charge in [-0.2, -0.15) is 26.3 Å². The molecule has 0 saturated carbocycles. The summed E-state index contributed by atoms with van der Waals surface area (Å²) in [4.78, 5) is 12.2. The summed E-state index contributed by atoms with van der Waals surface area (Å²) >= 11 is 0. The van der Waals surface area contributed by atoms with Gasteiger partial charge in [-0.1, -0.05) is 31.2 Å². The van der Waals surface area contributed by atoms with E-state index in [2.05, 4.69) is 5.32 Å². The van der Waals surface area contributed by atoms with Crippen molar-refractivity contribution >= 4 is 21.4 Å². The van der Waals surface area contributed by atoms with Crippen molar-refractivity contribution in [1.82, 2.24) is 0 Å². The van der Waals surface area contributed by atoms with Crippen LogP contribution in [0.5, 0.6) is 0 Å². The third-order valence-electron chi connectivity index (χ3n) is 4.55. The van der Waals surface area contributed by atoms with Crippen LogP contribution in [-0.2, 0) is 26.6 Å². The van der Waals surface area contributed by atoms with E-state index in [1.807, 2.05) is 0 Å². The molecule has 0 aliphatic heterocycles. The van der Waals surface area contributed by atoms with Gasteiger partial charge in [-0.15, -0.1) is 0 Å².